The van der Waals surface area contributed by atoms with E-state index in [9.17, 15) is 8.42 Å². The van der Waals surface area contributed by atoms with Crippen molar-refractivity contribution in [2.45, 2.75) is 17.9 Å². The van der Waals surface area contributed by atoms with Crippen molar-refractivity contribution in [2.24, 2.45) is 5.73 Å². The molecule has 1 heterocycles. The maximum absolute atomic E-state index is 11.9. The Balaban J connectivity index is 2.25. The lowest BCUT2D eigenvalue weighted by Crippen LogP contribution is -2.13. The number of benzene rings is 1. The number of anilines is 1. The molecule has 0 aliphatic carbocycles. The Labute approximate surface area is 108 Å². The molecular weight excluding hydrogens is 274 g/mol. The monoisotopic (exact) mass is 285 g/mol. The van der Waals surface area contributed by atoms with E-state index in [0.717, 1.165) is 17.1 Å². The van der Waals surface area contributed by atoms with Crippen LogP contribution in [0.2, 0.25) is 0 Å². The van der Waals surface area contributed by atoms with Gasteiger partial charge in [0, 0.05) is 17.6 Å². The first-order valence-corrected chi connectivity index (χ1v) is 7.28. The second-order valence-corrected chi connectivity index (χ2v) is 6.05. The molecule has 2 rings (SSSR count). The van der Waals surface area contributed by atoms with Crippen molar-refractivity contribution in [3.63, 3.8) is 0 Å². The van der Waals surface area contributed by atoms with Gasteiger partial charge in [-0.05, 0) is 29.8 Å². The van der Waals surface area contributed by atoms with Crippen molar-refractivity contribution in [3.8, 4) is 0 Å². The van der Waals surface area contributed by atoms with Crippen molar-refractivity contribution >= 4 is 26.7 Å². The van der Waals surface area contributed by atoms with Crippen LogP contribution in [0.3, 0.4) is 0 Å². The molecule has 1 aromatic heterocycles. The summed E-state index contributed by atoms with van der Waals surface area (Å²) in [6, 6.07) is 6.21. The molecule has 18 heavy (non-hydrogen) atoms. The first kappa shape index (κ1) is 12.9. The fourth-order valence-electron chi connectivity index (χ4n) is 1.30. The van der Waals surface area contributed by atoms with E-state index in [1.807, 2.05) is 6.92 Å². The third-order valence-electron chi connectivity index (χ3n) is 2.24. The minimum atomic E-state index is -3.65. The lowest BCUT2D eigenvalue weighted by atomic mass is 10.1. The molecular formula is C9H11N5O2S2. The van der Waals surface area contributed by atoms with Crippen LogP contribution in [0.15, 0.2) is 29.2 Å². The third kappa shape index (κ3) is 2.81. The van der Waals surface area contributed by atoms with Gasteiger partial charge in [0.05, 0.1) is 4.90 Å². The van der Waals surface area contributed by atoms with Crippen molar-refractivity contribution < 1.29 is 8.42 Å². The molecule has 7 nitrogen and oxygen atoms in total. The van der Waals surface area contributed by atoms with Crippen molar-refractivity contribution in [1.29, 1.82) is 0 Å². The van der Waals surface area contributed by atoms with Crippen LogP contribution in [0.25, 0.3) is 0 Å². The first-order valence-electron chi connectivity index (χ1n) is 5.02. The van der Waals surface area contributed by atoms with E-state index in [-0.39, 0.29) is 16.1 Å². The van der Waals surface area contributed by atoms with Crippen LogP contribution >= 0.6 is 11.5 Å². The molecule has 0 saturated carbocycles. The van der Waals surface area contributed by atoms with Crippen molar-refractivity contribution in [1.82, 2.24) is 14.8 Å². The van der Waals surface area contributed by atoms with Gasteiger partial charge in [0.2, 0.25) is 5.13 Å². The van der Waals surface area contributed by atoms with Crippen molar-refractivity contribution in [2.75, 3.05) is 4.72 Å². The molecule has 0 bridgehead atoms. The normalized spacial score (nSPS) is 13.2. The lowest BCUT2D eigenvalue weighted by molar-refractivity contribution is 0.601. The number of rotatable bonds is 4. The van der Waals surface area contributed by atoms with Crippen LogP contribution in [0, 0.1) is 0 Å². The van der Waals surface area contributed by atoms with Gasteiger partial charge < -0.3 is 5.73 Å². The molecule has 0 aliphatic rings. The minimum absolute atomic E-state index is 0.131. The van der Waals surface area contributed by atoms with Gasteiger partial charge >= 0.3 is 0 Å². The summed E-state index contributed by atoms with van der Waals surface area (Å²) in [6.45, 7) is 1.83. The van der Waals surface area contributed by atoms with Gasteiger partial charge in [-0.2, -0.15) is 0 Å². The van der Waals surface area contributed by atoms with E-state index in [1.165, 1.54) is 12.1 Å². The summed E-state index contributed by atoms with van der Waals surface area (Å²) < 4.78 is 29.7. The molecule has 0 spiro atoms. The molecule has 9 heteroatoms. The molecule has 0 saturated heterocycles. The number of nitrogens with two attached hydrogens (primary N) is 1. The average molecular weight is 285 g/mol. The first-order chi connectivity index (χ1) is 8.49. The van der Waals surface area contributed by atoms with Crippen molar-refractivity contribution in [3.05, 3.63) is 29.8 Å². The summed E-state index contributed by atoms with van der Waals surface area (Å²) in [4.78, 5) is 0.141. The average Bonchev–Trinajstić information content (AvgIpc) is 2.81. The van der Waals surface area contributed by atoms with E-state index < -0.39 is 10.0 Å². The van der Waals surface area contributed by atoms with Gasteiger partial charge in [-0.1, -0.05) is 21.7 Å². The van der Waals surface area contributed by atoms with Crippen LogP contribution in [0.4, 0.5) is 5.13 Å². The molecule has 1 atom stereocenters. The Morgan fingerprint density at radius 3 is 2.50 bits per heavy atom. The predicted octanol–water partition coefficient (Wildman–Crippen LogP) is 0.754. The minimum Gasteiger partial charge on any atom is -0.324 e. The molecule has 3 N–H and O–H groups in total. The van der Waals surface area contributed by atoms with Gasteiger partial charge in [-0.25, -0.2) is 8.42 Å². The fourth-order valence-corrected chi connectivity index (χ4v) is 2.88. The van der Waals surface area contributed by atoms with Gasteiger partial charge in [0.1, 0.15) is 0 Å². The highest BCUT2D eigenvalue weighted by Gasteiger charge is 2.16. The molecule has 0 fully saturated rings. The number of nitrogens with zero attached hydrogens (tertiary/aromatic N) is 3. The molecule has 0 radical (unpaired) electrons. The number of aromatic nitrogens is 3. The fraction of sp³-hybridized carbons (Fsp3) is 0.222. The van der Waals surface area contributed by atoms with Crippen LogP contribution in [0.5, 0.6) is 0 Å². The zero-order chi connectivity index (χ0) is 13.2. The maximum atomic E-state index is 11.9. The Bertz CT molecular complexity index is 607. The number of sulfonamides is 1. The Morgan fingerprint density at radius 1 is 1.33 bits per heavy atom. The highest BCUT2D eigenvalue weighted by Crippen LogP contribution is 2.18. The zero-order valence-electron chi connectivity index (χ0n) is 9.44. The lowest BCUT2D eigenvalue weighted by Gasteiger charge is -2.07. The Hall–Kier alpha value is -1.58. The van der Waals surface area contributed by atoms with Gasteiger partial charge in [-0.3, -0.25) is 4.72 Å². The predicted molar refractivity (Wildman–Crippen MR) is 67.6 cm³/mol. The standard InChI is InChI=1S/C9H11N5O2S2/c1-6(10)7-2-4-8(5-3-7)18(15,16)12-9-11-13-14-17-9/h2-6H,10H2,1H3,(H,11,12,14). The van der Waals surface area contributed by atoms with Crippen LogP contribution < -0.4 is 10.5 Å². The summed E-state index contributed by atoms with van der Waals surface area (Å²) in [6.07, 6.45) is 0. The molecule has 2 aromatic rings. The summed E-state index contributed by atoms with van der Waals surface area (Å²) >= 11 is 0.870. The molecule has 1 unspecified atom stereocenters. The largest absolute Gasteiger partial charge is 0.324 e. The van der Waals surface area contributed by atoms with Crippen LogP contribution in [-0.4, -0.2) is 23.2 Å². The van der Waals surface area contributed by atoms with Gasteiger partial charge in [0.25, 0.3) is 10.0 Å². The highest BCUT2D eigenvalue weighted by atomic mass is 32.2. The number of hydrogen-bond donors (Lipinski definition) is 2. The van der Waals surface area contributed by atoms with Crippen LogP contribution in [-0.2, 0) is 10.0 Å². The second kappa shape index (κ2) is 4.96. The summed E-state index contributed by atoms with van der Waals surface area (Å²) in [5.74, 6) is 0. The quantitative estimate of drug-likeness (QED) is 0.857. The van der Waals surface area contributed by atoms with E-state index in [4.69, 9.17) is 5.73 Å². The highest BCUT2D eigenvalue weighted by molar-refractivity contribution is 7.93. The van der Waals surface area contributed by atoms with E-state index in [2.05, 4.69) is 19.5 Å². The van der Waals surface area contributed by atoms with Crippen LogP contribution in [0.1, 0.15) is 18.5 Å². The topological polar surface area (TPSA) is 111 Å². The second-order valence-electron chi connectivity index (χ2n) is 3.63. The van der Waals surface area contributed by atoms with E-state index in [1.54, 1.807) is 12.1 Å². The summed E-state index contributed by atoms with van der Waals surface area (Å²) in [7, 11) is -3.65. The van der Waals surface area contributed by atoms with Gasteiger partial charge in [0.15, 0.2) is 0 Å². The molecule has 0 amide bonds. The molecule has 1 aromatic carbocycles. The Kier molecular flexibility index (Phi) is 3.55. The molecule has 96 valence electrons. The summed E-state index contributed by atoms with van der Waals surface area (Å²) in [5.41, 5.74) is 6.56. The molecule has 0 aliphatic heterocycles. The summed E-state index contributed by atoms with van der Waals surface area (Å²) in [5, 5.41) is 6.96. The smallest absolute Gasteiger partial charge is 0.263 e. The number of nitrogens with one attached hydrogen (secondary N) is 1. The zero-order valence-corrected chi connectivity index (χ0v) is 11.1. The Morgan fingerprint density at radius 2 is 2.00 bits per heavy atom. The third-order valence-corrected chi connectivity index (χ3v) is 4.23. The number of hydrogen-bond acceptors (Lipinski definition) is 7. The van der Waals surface area contributed by atoms with E-state index >= 15 is 0 Å². The SMILES string of the molecule is CC(N)c1ccc(S(=O)(=O)Nc2nnns2)cc1. The van der Waals surface area contributed by atoms with Gasteiger partial charge in [-0.15, -0.1) is 0 Å². The van der Waals surface area contributed by atoms with E-state index in [0.29, 0.717) is 0 Å². The maximum Gasteiger partial charge on any atom is 0.263 e.